The van der Waals surface area contributed by atoms with Crippen LogP contribution < -0.4 is 0 Å². The van der Waals surface area contributed by atoms with Gasteiger partial charge in [-0.05, 0) is 118 Å². The minimum atomic E-state index is -1.79. The van der Waals surface area contributed by atoms with Crippen molar-refractivity contribution in [1.29, 1.82) is 0 Å². The van der Waals surface area contributed by atoms with Crippen LogP contribution in [0.5, 0.6) is 0 Å². The number of rotatable bonds is 11. The molecule has 5 fully saturated rings. The fraction of sp³-hybridized carbons (Fsp3) is 0.891. The minimum Gasteiger partial charge on any atom is -0.394 e. The number of carbonyl (C=O) groups is 1. The molecule has 0 bridgehead atoms. The van der Waals surface area contributed by atoms with E-state index in [1.807, 2.05) is 0 Å². The van der Waals surface area contributed by atoms with Gasteiger partial charge >= 0.3 is 0 Å². The van der Waals surface area contributed by atoms with Crippen LogP contribution in [0.1, 0.15) is 113 Å². The Hall–Kier alpha value is -1.45. The van der Waals surface area contributed by atoms with Crippen molar-refractivity contribution in [2.75, 3.05) is 13.2 Å². The molecule has 2 unspecified atom stereocenters. The highest BCUT2D eigenvalue weighted by atomic mass is 16.8. The lowest BCUT2D eigenvalue weighted by Crippen LogP contribution is -2.66. The molecule has 21 atom stereocenters. The maximum absolute atomic E-state index is 12.0. The number of aliphatic hydroxyl groups is 9. The number of carbonyl (C=O) groups excluding carboxylic acids is 1. The van der Waals surface area contributed by atoms with Gasteiger partial charge in [0.05, 0.1) is 25.4 Å². The third-order valence-electron chi connectivity index (χ3n) is 17.4. The first-order chi connectivity index (χ1) is 28.9. The number of Topliss-reactive ketones (excluding diaryl/α,β-unsaturated/α-hetero) is 1. The zero-order chi connectivity index (χ0) is 45.5. The van der Waals surface area contributed by atoms with Crippen LogP contribution in [0, 0.1) is 33.5 Å². The summed E-state index contributed by atoms with van der Waals surface area (Å²) >= 11 is 0. The third kappa shape index (κ3) is 8.22. The summed E-state index contributed by atoms with van der Waals surface area (Å²) in [4.78, 5) is 12.0. The van der Waals surface area contributed by atoms with Crippen LogP contribution in [0.2, 0.25) is 0 Å². The van der Waals surface area contributed by atoms with Crippen molar-refractivity contribution in [3.05, 3.63) is 23.3 Å². The largest absolute Gasteiger partial charge is 0.394 e. The van der Waals surface area contributed by atoms with Crippen LogP contribution in [-0.4, -0.2) is 163 Å². The minimum absolute atomic E-state index is 0.0195. The fourth-order valence-corrected chi connectivity index (χ4v) is 12.8. The van der Waals surface area contributed by atoms with E-state index in [9.17, 15) is 50.8 Å². The maximum Gasteiger partial charge on any atom is 0.187 e. The van der Waals surface area contributed by atoms with Crippen LogP contribution in [0.4, 0.5) is 0 Å². The van der Waals surface area contributed by atoms with E-state index in [-0.39, 0.29) is 40.7 Å². The fourth-order valence-electron chi connectivity index (χ4n) is 12.8. The van der Waals surface area contributed by atoms with E-state index in [4.69, 9.17) is 28.4 Å². The average molecular weight is 883 g/mol. The van der Waals surface area contributed by atoms with Crippen molar-refractivity contribution in [3.8, 4) is 0 Å². The molecule has 2 saturated carbocycles. The molecule has 62 heavy (non-hydrogen) atoms. The van der Waals surface area contributed by atoms with Gasteiger partial charge in [0, 0.05) is 0 Å². The Kier molecular flexibility index (Phi) is 13.8. The molecule has 0 amide bonds. The second-order valence-corrected chi connectivity index (χ2v) is 21.3. The van der Waals surface area contributed by atoms with Crippen LogP contribution in [0.15, 0.2) is 23.3 Å². The Morgan fingerprint density at radius 3 is 2.11 bits per heavy atom. The SMILES string of the molecule is CC(=O)[C@@](C)(O)CCC1=CC2=CCC3[C@@]4(C)CC[C@H](O[C@H]5OC[C@H](O)[C@H](O[C@@H]6O[C@H](CO)[C@@H](O)[C@H](O)[C@H]6O)[C@H]5O[C@@H]5O[C@@H](C)[C@H](O)[C@@H](O)[C@H]5O)C(C)(C)C4CC[C@@]3(C)[C@]2(C)CC1. The Labute approximate surface area is 365 Å². The zero-order valence-electron chi connectivity index (χ0n) is 37.6. The first-order valence-electron chi connectivity index (χ1n) is 22.8. The van der Waals surface area contributed by atoms with Crippen LogP contribution >= 0.6 is 0 Å². The lowest BCUT2D eigenvalue weighted by molar-refractivity contribution is -0.388. The molecule has 0 aromatic carbocycles. The van der Waals surface area contributed by atoms with E-state index in [0.29, 0.717) is 25.2 Å². The standard InChI is InChI=1S/C46H74O16/c1-22-31(50)33(52)35(54)39(58-22)62-38-37(61-40-36(55)34(53)32(51)27(20-47)59-40)26(49)21-57-41(38)60-30-14-15-43(5)28(42(30,3)4)13-17-45(7)29(43)10-9-25-19-24(11-16-44(25,45)6)12-18-46(8,56)23(2)48/h9,19,22,26-41,47,49-56H,10-18,20-21H2,1-8H3/t22-,26-,27+,28?,29?,30-,31-,32+,33+,34-,35+,36+,37-,38+,39-,40-,41+,43-,44+,45+,46-/m0/s1. The van der Waals surface area contributed by atoms with Gasteiger partial charge < -0.3 is 74.4 Å². The predicted molar refractivity (Wildman–Crippen MR) is 221 cm³/mol. The molecule has 9 N–H and O–H groups in total. The Balaban J connectivity index is 1.13. The Morgan fingerprint density at radius 2 is 1.45 bits per heavy atom. The number of ether oxygens (including phenoxy) is 6. The van der Waals surface area contributed by atoms with Crippen molar-refractivity contribution in [2.24, 2.45) is 33.5 Å². The van der Waals surface area contributed by atoms with Crippen molar-refractivity contribution >= 4 is 5.78 Å². The summed E-state index contributed by atoms with van der Waals surface area (Å²) < 4.78 is 37.0. The van der Waals surface area contributed by atoms with Gasteiger partial charge in [-0.2, -0.15) is 0 Å². The highest BCUT2D eigenvalue weighted by Crippen LogP contribution is 2.73. The molecule has 16 heteroatoms. The lowest BCUT2D eigenvalue weighted by Gasteiger charge is -2.69. The van der Waals surface area contributed by atoms with Gasteiger partial charge in [-0.25, -0.2) is 0 Å². The summed E-state index contributed by atoms with van der Waals surface area (Å²) in [6.45, 7) is 15.4. The normalized spacial score (nSPS) is 50.2. The monoisotopic (exact) mass is 882 g/mol. The molecular formula is C46H74O16. The number of hydrogen-bond acceptors (Lipinski definition) is 16. The molecule has 0 spiro atoms. The molecule has 3 saturated heterocycles. The molecule has 4 aliphatic carbocycles. The summed E-state index contributed by atoms with van der Waals surface area (Å²) in [6.07, 6.45) is -9.01. The van der Waals surface area contributed by atoms with E-state index in [1.165, 1.54) is 25.0 Å². The molecule has 0 aromatic heterocycles. The molecule has 7 aliphatic rings. The number of hydrogen-bond donors (Lipinski definition) is 9. The van der Waals surface area contributed by atoms with Gasteiger partial charge in [-0.3, -0.25) is 4.79 Å². The van der Waals surface area contributed by atoms with Gasteiger partial charge in [-0.1, -0.05) is 52.3 Å². The van der Waals surface area contributed by atoms with Crippen molar-refractivity contribution in [1.82, 2.24) is 0 Å². The summed E-state index contributed by atoms with van der Waals surface area (Å²) in [6, 6.07) is 0. The number of ketones is 1. The molecule has 0 radical (unpaired) electrons. The average Bonchev–Trinajstić information content (AvgIpc) is 3.21. The summed E-state index contributed by atoms with van der Waals surface area (Å²) in [5.74, 6) is 0.413. The summed E-state index contributed by atoms with van der Waals surface area (Å²) in [5, 5.41) is 95.8. The molecule has 7 rings (SSSR count). The highest BCUT2D eigenvalue weighted by Gasteiger charge is 2.66. The van der Waals surface area contributed by atoms with E-state index < -0.39 is 104 Å². The van der Waals surface area contributed by atoms with Gasteiger partial charge in [-0.15, -0.1) is 0 Å². The Morgan fingerprint density at radius 1 is 0.806 bits per heavy atom. The van der Waals surface area contributed by atoms with E-state index in [1.54, 1.807) is 6.92 Å². The third-order valence-corrected chi connectivity index (χ3v) is 17.4. The summed E-state index contributed by atoms with van der Waals surface area (Å²) in [5.41, 5.74) is 0.841. The Bertz CT molecular complexity index is 1680. The van der Waals surface area contributed by atoms with Crippen LogP contribution in [0.25, 0.3) is 0 Å². The molecule has 3 aliphatic heterocycles. The zero-order valence-corrected chi connectivity index (χ0v) is 37.6. The molecule has 16 nitrogen and oxygen atoms in total. The first kappa shape index (κ1) is 48.5. The second-order valence-electron chi connectivity index (χ2n) is 21.3. The molecule has 3 heterocycles. The number of fused-ring (bicyclic) bond motifs is 5. The quantitative estimate of drug-likeness (QED) is 0.133. The van der Waals surface area contributed by atoms with Crippen LogP contribution in [0.3, 0.4) is 0 Å². The van der Waals surface area contributed by atoms with Gasteiger partial charge in [0.2, 0.25) is 0 Å². The van der Waals surface area contributed by atoms with Crippen molar-refractivity contribution in [2.45, 2.75) is 211 Å². The van der Waals surface area contributed by atoms with Crippen molar-refractivity contribution < 1.29 is 79.2 Å². The van der Waals surface area contributed by atoms with Gasteiger partial charge in [0.25, 0.3) is 0 Å². The lowest BCUT2D eigenvalue weighted by atomic mass is 9.36. The van der Waals surface area contributed by atoms with Gasteiger partial charge in [0.15, 0.2) is 24.7 Å². The first-order valence-corrected chi connectivity index (χ1v) is 22.8. The van der Waals surface area contributed by atoms with E-state index >= 15 is 0 Å². The topological polar surface area (TPSA) is 255 Å². The molecule has 0 aromatic rings. The van der Waals surface area contributed by atoms with E-state index in [2.05, 4.69) is 46.8 Å². The highest BCUT2D eigenvalue weighted by molar-refractivity contribution is 5.84. The van der Waals surface area contributed by atoms with Gasteiger partial charge in [0.1, 0.15) is 66.6 Å². The maximum atomic E-state index is 12.0. The van der Waals surface area contributed by atoms with Crippen molar-refractivity contribution in [3.63, 3.8) is 0 Å². The smallest absolute Gasteiger partial charge is 0.187 e. The van der Waals surface area contributed by atoms with E-state index in [0.717, 1.165) is 38.5 Å². The van der Waals surface area contributed by atoms with Crippen LogP contribution in [-0.2, 0) is 33.2 Å². The number of aliphatic hydroxyl groups excluding tert-OH is 8. The number of allylic oxidation sites excluding steroid dienone is 4. The second kappa shape index (κ2) is 17.6. The molecular weight excluding hydrogens is 808 g/mol. The predicted octanol–water partition coefficient (Wildman–Crippen LogP) is 1.52. The molecule has 354 valence electrons. The summed E-state index contributed by atoms with van der Waals surface area (Å²) in [7, 11) is 0.